The van der Waals surface area contributed by atoms with Crippen LogP contribution in [0, 0.1) is 0 Å². The van der Waals surface area contributed by atoms with Gasteiger partial charge in [-0.1, -0.05) is 36.4 Å². The number of rotatable bonds is 4. The molecular formula is C19H23NO3S. The number of β-amino-alcohol motifs (C(OH)–C–C–N with tert-alkyl or cyclic N) is 1. The summed E-state index contributed by atoms with van der Waals surface area (Å²) in [6, 6.07) is 14.9. The zero-order valence-corrected chi connectivity index (χ0v) is 14.9. The van der Waals surface area contributed by atoms with E-state index in [2.05, 4.69) is 23.1 Å². The van der Waals surface area contributed by atoms with Crippen molar-refractivity contribution >= 4 is 9.84 Å². The Morgan fingerprint density at radius 2 is 1.71 bits per heavy atom. The molecule has 1 atom stereocenters. The molecule has 2 aromatic rings. The van der Waals surface area contributed by atoms with Gasteiger partial charge in [0.25, 0.3) is 0 Å². The van der Waals surface area contributed by atoms with Crippen LogP contribution < -0.4 is 0 Å². The van der Waals surface area contributed by atoms with Crippen molar-refractivity contribution in [3.05, 3.63) is 65.2 Å². The highest BCUT2D eigenvalue weighted by Gasteiger charge is 2.28. The number of hydrogen-bond acceptors (Lipinski definition) is 4. The molecule has 0 saturated carbocycles. The Morgan fingerprint density at radius 3 is 2.33 bits per heavy atom. The van der Waals surface area contributed by atoms with Gasteiger partial charge < -0.3 is 5.11 Å². The van der Waals surface area contributed by atoms with Crippen LogP contribution in [0.25, 0.3) is 0 Å². The van der Waals surface area contributed by atoms with Crippen molar-refractivity contribution in [2.45, 2.75) is 30.4 Å². The highest BCUT2D eigenvalue weighted by atomic mass is 32.2. The first-order valence-corrected chi connectivity index (χ1v) is 9.97. The third kappa shape index (κ3) is 3.69. The summed E-state index contributed by atoms with van der Waals surface area (Å²) in [5.74, 6) is 0. The molecule has 5 heteroatoms. The van der Waals surface area contributed by atoms with Crippen LogP contribution in [-0.2, 0) is 28.4 Å². The summed E-state index contributed by atoms with van der Waals surface area (Å²) < 4.78 is 23.1. The predicted molar refractivity (Wildman–Crippen MR) is 94.5 cm³/mol. The second kappa shape index (κ2) is 6.31. The summed E-state index contributed by atoms with van der Waals surface area (Å²) in [5.41, 5.74) is 2.40. The van der Waals surface area contributed by atoms with E-state index in [-0.39, 0.29) is 4.90 Å². The molecule has 0 amide bonds. The fourth-order valence-electron chi connectivity index (χ4n) is 3.28. The maximum Gasteiger partial charge on any atom is 0.175 e. The summed E-state index contributed by atoms with van der Waals surface area (Å²) in [6.07, 6.45) is 2.17. The molecule has 1 N–H and O–H groups in total. The van der Waals surface area contributed by atoms with Crippen molar-refractivity contribution < 1.29 is 13.5 Å². The molecule has 1 unspecified atom stereocenters. The van der Waals surface area contributed by atoms with Crippen LogP contribution in [-0.4, -0.2) is 37.8 Å². The van der Waals surface area contributed by atoms with Gasteiger partial charge in [0.1, 0.15) is 0 Å². The molecule has 0 fully saturated rings. The van der Waals surface area contributed by atoms with E-state index in [0.29, 0.717) is 6.54 Å². The maximum atomic E-state index is 11.6. The van der Waals surface area contributed by atoms with Gasteiger partial charge in [0, 0.05) is 25.9 Å². The lowest BCUT2D eigenvalue weighted by molar-refractivity contribution is 0.0117. The van der Waals surface area contributed by atoms with Crippen LogP contribution in [0.5, 0.6) is 0 Å². The van der Waals surface area contributed by atoms with Crippen LogP contribution in [0.2, 0.25) is 0 Å². The fraction of sp³-hybridized carbons (Fsp3) is 0.368. The number of fused-ring (bicyclic) bond motifs is 1. The Kier molecular flexibility index (Phi) is 4.51. The molecule has 0 radical (unpaired) electrons. The molecule has 1 aliphatic rings. The van der Waals surface area contributed by atoms with E-state index >= 15 is 0 Å². The molecule has 0 aromatic heterocycles. The number of nitrogens with zero attached hydrogens (tertiary/aromatic N) is 1. The topological polar surface area (TPSA) is 57.6 Å². The SMILES string of the molecule is CC(O)(CN1CCc2ccccc2C1)c1ccc(S(C)(=O)=O)cc1. The van der Waals surface area contributed by atoms with Gasteiger partial charge in [-0.2, -0.15) is 0 Å². The molecule has 1 aliphatic heterocycles. The summed E-state index contributed by atoms with van der Waals surface area (Å²) in [5, 5.41) is 10.9. The van der Waals surface area contributed by atoms with Crippen LogP contribution in [0.15, 0.2) is 53.4 Å². The first-order valence-electron chi connectivity index (χ1n) is 8.08. The van der Waals surface area contributed by atoms with Gasteiger partial charge in [-0.3, -0.25) is 4.90 Å². The zero-order chi connectivity index (χ0) is 17.4. The van der Waals surface area contributed by atoms with E-state index in [4.69, 9.17) is 0 Å². The van der Waals surface area contributed by atoms with Crippen molar-refractivity contribution in [2.24, 2.45) is 0 Å². The maximum absolute atomic E-state index is 11.6. The van der Waals surface area contributed by atoms with E-state index < -0.39 is 15.4 Å². The molecule has 128 valence electrons. The lowest BCUT2D eigenvalue weighted by atomic mass is 9.93. The van der Waals surface area contributed by atoms with Gasteiger partial charge in [0.15, 0.2) is 9.84 Å². The molecule has 0 saturated heterocycles. The average molecular weight is 345 g/mol. The summed E-state index contributed by atoms with van der Waals surface area (Å²) in [7, 11) is -3.22. The summed E-state index contributed by atoms with van der Waals surface area (Å²) in [4.78, 5) is 2.52. The Morgan fingerprint density at radius 1 is 1.08 bits per heavy atom. The van der Waals surface area contributed by atoms with Gasteiger partial charge in [0.05, 0.1) is 10.5 Å². The van der Waals surface area contributed by atoms with Crippen molar-refractivity contribution in [1.29, 1.82) is 0 Å². The summed E-state index contributed by atoms with van der Waals surface area (Å²) >= 11 is 0. The van der Waals surface area contributed by atoms with Crippen molar-refractivity contribution in [3.63, 3.8) is 0 Å². The van der Waals surface area contributed by atoms with E-state index in [1.807, 2.05) is 6.07 Å². The predicted octanol–water partition coefficient (Wildman–Crippen LogP) is 2.36. The normalized spacial score (nSPS) is 18.0. The Hall–Kier alpha value is -1.69. The first kappa shape index (κ1) is 17.1. The van der Waals surface area contributed by atoms with Gasteiger partial charge in [0.2, 0.25) is 0 Å². The van der Waals surface area contributed by atoms with Gasteiger partial charge in [-0.15, -0.1) is 0 Å². The largest absolute Gasteiger partial charge is 0.384 e. The van der Waals surface area contributed by atoms with E-state index in [9.17, 15) is 13.5 Å². The minimum atomic E-state index is -3.22. The van der Waals surface area contributed by atoms with Gasteiger partial charge in [-0.25, -0.2) is 8.42 Å². The van der Waals surface area contributed by atoms with Crippen molar-refractivity contribution in [3.8, 4) is 0 Å². The Balaban J connectivity index is 1.75. The molecule has 0 spiro atoms. The second-order valence-corrected chi connectivity index (χ2v) is 8.82. The lowest BCUT2D eigenvalue weighted by Gasteiger charge is -2.35. The fourth-order valence-corrected chi connectivity index (χ4v) is 3.91. The Labute approximate surface area is 143 Å². The molecule has 1 heterocycles. The van der Waals surface area contributed by atoms with Crippen molar-refractivity contribution in [2.75, 3.05) is 19.3 Å². The molecular weight excluding hydrogens is 322 g/mol. The standard InChI is InChI=1S/C19H23NO3S/c1-19(21,17-7-9-18(10-8-17)24(2,22)23)14-20-12-11-15-5-3-4-6-16(15)13-20/h3-10,21H,11-14H2,1-2H3. The van der Waals surface area contributed by atoms with E-state index in [0.717, 1.165) is 25.1 Å². The number of aliphatic hydroxyl groups is 1. The zero-order valence-electron chi connectivity index (χ0n) is 14.1. The minimum absolute atomic E-state index is 0.272. The molecule has 24 heavy (non-hydrogen) atoms. The monoisotopic (exact) mass is 345 g/mol. The van der Waals surface area contributed by atoms with Gasteiger partial charge >= 0.3 is 0 Å². The highest BCUT2D eigenvalue weighted by Crippen LogP contribution is 2.26. The number of sulfone groups is 1. The smallest absolute Gasteiger partial charge is 0.175 e. The lowest BCUT2D eigenvalue weighted by Crippen LogP contribution is -2.41. The molecule has 0 bridgehead atoms. The van der Waals surface area contributed by atoms with Crippen molar-refractivity contribution in [1.82, 2.24) is 4.90 Å². The van der Waals surface area contributed by atoms with Crippen LogP contribution in [0.3, 0.4) is 0 Å². The van der Waals surface area contributed by atoms with Crippen LogP contribution in [0.1, 0.15) is 23.6 Å². The van der Waals surface area contributed by atoms with E-state index in [1.54, 1.807) is 31.2 Å². The van der Waals surface area contributed by atoms with Crippen LogP contribution in [0.4, 0.5) is 0 Å². The molecule has 2 aromatic carbocycles. The summed E-state index contributed by atoms with van der Waals surface area (Å²) in [6.45, 7) is 4.03. The van der Waals surface area contributed by atoms with E-state index in [1.165, 1.54) is 17.4 Å². The number of hydrogen-bond donors (Lipinski definition) is 1. The Bertz CT molecular complexity index is 826. The quantitative estimate of drug-likeness (QED) is 0.924. The van der Waals surface area contributed by atoms with Gasteiger partial charge in [-0.05, 0) is 42.2 Å². The minimum Gasteiger partial charge on any atom is -0.384 e. The highest BCUT2D eigenvalue weighted by molar-refractivity contribution is 7.90. The number of benzene rings is 2. The van der Waals surface area contributed by atoms with Crippen LogP contribution >= 0.6 is 0 Å². The molecule has 4 nitrogen and oxygen atoms in total. The third-order valence-corrected chi connectivity index (χ3v) is 5.77. The molecule has 3 rings (SSSR count). The first-order chi connectivity index (χ1) is 11.3. The third-order valence-electron chi connectivity index (χ3n) is 4.65. The average Bonchev–Trinajstić information content (AvgIpc) is 2.54. The molecule has 0 aliphatic carbocycles. The second-order valence-electron chi connectivity index (χ2n) is 6.80.